The maximum atomic E-state index is 12.9. The zero-order valence-electron chi connectivity index (χ0n) is 13.5. The van der Waals surface area contributed by atoms with Crippen molar-refractivity contribution in [3.63, 3.8) is 0 Å². The van der Waals surface area contributed by atoms with Gasteiger partial charge in [0, 0.05) is 18.4 Å². The van der Waals surface area contributed by atoms with Gasteiger partial charge in [0.2, 0.25) is 0 Å². The molecule has 1 aromatic carbocycles. The Morgan fingerprint density at radius 2 is 1.85 bits per heavy atom. The summed E-state index contributed by atoms with van der Waals surface area (Å²) in [5, 5.41) is 3.38. The normalized spacial score (nSPS) is 22.5. The lowest BCUT2D eigenvalue weighted by Crippen LogP contribution is -2.39. The first-order chi connectivity index (χ1) is 9.36. The highest BCUT2D eigenvalue weighted by Crippen LogP contribution is 2.36. The summed E-state index contributed by atoms with van der Waals surface area (Å²) in [5.41, 5.74) is 4.84. The van der Waals surface area contributed by atoms with Crippen LogP contribution in [0.15, 0.2) is 12.1 Å². The van der Waals surface area contributed by atoms with Gasteiger partial charge in [-0.1, -0.05) is 31.5 Å². The molecule has 0 bridgehead atoms. The van der Waals surface area contributed by atoms with E-state index in [-0.39, 0.29) is 5.41 Å². The van der Waals surface area contributed by atoms with Gasteiger partial charge in [0.25, 0.3) is 0 Å². The van der Waals surface area contributed by atoms with Crippen LogP contribution in [0.4, 0.5) is 0 Å². The Kier molecular flexibility index (Phi) is 4.33. The van der Waals surface area contributed by atoms with Crippen LogP contribution >= 0.6 is 0 Å². The van der Waals surface area contributed by atoms with Crippen LogP contribution in [0, 0.1) is 32.1 Å². The lowest BCUT2D eigenvalue weighted by Gasteiger charge is -2.31. The number of hydrogen-bond donors (Lipinski definition) is 1. The van der Waals surface area contributed by atoms with Crippen molar-refractivity contribution in [2.75, 3.05) is 13.1 Å². The van der Waals surface area contributed by atoms with Crippen molar-refractivity contribution in [1.82, 2.24) is 5.32 Å². The first kappa shape index (κ1) is 15.2. The molecule has 1 aliphatic heterocycles. The molecule has 1 fully saturated rings. The number of nitrogens with one attached hydrogen (secondary N) is 1. The maximum Gasteiger partial charge on any atom is 0.144 e. The van der Waals surface area contributed by atoms with Gasteiger partial charge in [0.1, 0.15) is 5.78 Å². The van der Waals surface area contributed by atoms with E-state index in [1.54, 1.807) is 0 Å². The Labute approximate surface area is 123 Å². The number of aryl methyl sites for hydroxylation is 3. The largest absolute Gasteiger partial charge is 0.316 e. The van der Waals surface area contributed by atoms with Gasteiger partial charge in [-0.2, -0.15) is 0 Å². The Morgan fingerprint density at radius 1 is 1.25 bits per heavy atom. The lowest BCUT2D eigenvalue weighted by molar-refractivity contribution is -0.129. The van der Waals surface area contributed by atoms with Crippen molar-refractivity contribution in [3.05, 3.63) is 34.4 Å². The zero-order valence-corrected chi connectivity index (χ0v) is 13.5. The molecule has 0 spiro atoms. The predicted molar refractivity (Wildman–Crippen MR) is 84.1 cm³/mol. The SMILES string of the molecule is Cc1cc(C)c(CC(=O)C2(C(C)C)CCNC2)c(C)c1. The Balaban J connectivity index is 2.28. The molecule has 0 radical (unpaired) electrons. The minimum absolute atomic E-state index is 0.163. The number of Topliss-reactive ketones (excluding diaryl/α,β-unsaturated/α-hetero) is 1. The van der Waals surface area contributed by atoms with Gasteiger partial charge in [-0.05, 0) is 56.3 Å². The number of rotatable bonds is 4. The van der Waals surface area contributed by atoms with E-state index in [1.165, 1.54) is 22.3 Å². The summed E-state index contributed by atoms with van der Waals surface area (Å²) in [7, 11) is 0. The lowest BCUT2D eigenvalue weighted by atomic mass is 9.71. The fourth-order valence-corrected chi connectivity index (χ4v) is 3.59. The van der Waals surface area contributed by atoms with Crippen LogP contribution in [-0.4, -0.2) is 18.9 Å². The fourth-order valence-electron chi connectivity index (χ4n) is 3.59. The molecular formula is C18H27NO. The summed E-state index contributed by atoms with van der Waals surface area (Å²) in [6.45, 7) is 12.5. The monoisotopic (exact) mass is 273 g/mol. The topological polar surface area (TPSA) is 29.1 Å². The molecule has 1 saturated heterocycles. The van der Waals surface area contributed by atoms with Crippen LogP contribution in [0.2, 0.25) is 0 Å². The molecule has 1 aromatic rings. The molecule has 20 heavy (non-hydrogen) atoms. The molecule has 1 heterocycles. The van der Waals surface area contributed by atoms with Gasteiger partial charge < -0.3 is 5.32 Å². The van der Waals surface area contributed by atoms with Crippen LogP contribution < -0.4 is 5.32 Å². The molecule has 110 valence electrons. The van der Waals surface area contributed by atoms with Crippen LogP contribution in [0.25, 0.3) is 0 Å². The third kappa shape index (κ3) is 2.67. The highest BCUT2D eigenvalue weighted by atomic mass is 16.1. The Hall–Kier alpha value is -1.15. The Bertz CT molecular complexity index is 487. The van der Waals surface area contributed by atoms with E-state index in [0.717, 1.165) is 19.5 Å². The van der Waals surface area contributed by atoms with E-state index >= 15 is 0 Å². The molecule has 1 atom stereocenters. The second-order valence-corrected chi connectivity index (χ2v) is 6.71. The van der Waals surface area contributed by atoms with Gasteiger partial charge >= 0.3 is 0 Å². The quantitative estimate of drug-likeness (QED) is 0.911. The van der Waals surface area contributed by atoms with Crippen molar-refractivity contribution in [2.24, 2.45) is 11.3 Å². The summed E-state index contributed by atoms with van der Waals surface area (Å²) >= 11 is 0. The van der Waals surface area contributed by atoms with Crippen LogP contribution in [-0.2, 0) is 11.2 Å². The molecule has 0 amide bonds. The number of carbonyl (C=O) groups is 1. The van der Waals surface area contributed by atoms with Crippen molar-refractivity contribution in [1.29, 1.82) is 0 Å². The molecule has 0 saturated carbocycles. The fraction of sp³-hybridized carbons (Fsp3) is 0.611. The average molecular weight is 273 g/mol. The van der Waals surface area contributed by atoms with Crippen LogP contribution in [0.3, 0.4) is 0 Å². The van der Waals surface area contributed by atoms with Gasteiger partial charge in [-0.25, -0.2) is 0 Å². The number of ketones is 1. The second kappa shape index (κ2) is 5.69. The summed E-state index contributed by atoms with van der Waals surface area (Å²) in [4.78, 5) is 12.9. The summed E-state index contributed by atoms with van der Waals surface area (Å²) in [6.07, 6.45) is 1.56. The maximum absolute atomic E-state index is 12.9. The third-order valence-corrected chi connectivity index (χ3v) is 5.03. The Morgan fingerprint density at radius 3 is 2.30 bits per heavy atom. The summed E-state index contributed by atoms with van der Waals surface area (Å²) < 4.78 is 0. The van der Waals surface area contributed by atoms with Crippen molar-refractivity contribution >= 4 is 5.78 Å². The van der Waals surface area contributed by atoms with Gasteiger partial charge in [0.15, 0.2) is 0 Å². The molecule has 1 unspecified atom stereocenters. The number of hydrogen-bond acceptors (Lipinski definition) is 2. The predicted octanol–water partition coefficient (Wildman–Crippen LogP) is 3.36. The minimum Gasteiger partial charge on any atom is -0.316 e. The highest BCUT2D eigenvalue weighted by Gasteiger charge is 2.43. The average Bonchev–Trinajstić information content (AvgIpc) is 2.83. The molecule has 2 heteroatoms. The smallest absolute Gasteiger partial charge is 0.144 e. The summed E-state index contributed by atoms with van der Waals surface area (Å²) in [6, 6.07) is 4.37. The van der Waals surface area contributed by atoms with E-state index in [0.29, 0.717) is 18.1 Å². The molecule has 0 aliphatic carbocycles. The number of benzene rings is 1. The minimum atomic E-state index is -0.163. The van der Waals surface area contributed by atoms with E-state index < -0.39 is 0 Å². The summed E-state index contributed by atoms with van der Waals surface area (Å²) in [5.74, 6) is 0.809. The van der Waals surface area contributed by atoms with Crippen molar-refractivity contribution < 1.29 is 4.79 Å². The van der Waals surface area contributed by atoms with E-state index in [1.807, 2.05) is 0 Å². The first-order valence-electron chi connectivity index (χ1n) is 7.67. The molecule has 2 nitrogen and oxygen atoms in total. The number of carbonyl (C=O) groups excluding carboxylic acids is 1. The first-order valence-corrected chi connectivity index (χ1v) is 7.67. The van der Waals surface area contributed by atoms with E-state index in [9.17, 15) is 4.79 Å². The molecule has 1 N–H and O–H groups in total. The van der Waals surface area contributed by atoms with Gasteiger partial charge in [0.05, 0.1) is 0 Å². The highest BCUT2D eigenvalue weighted by molar-refractivity contribution is 5.88. The molecule has 1 aliphatic rings. The van der Waals surface area contributed by atoms with Gasteiger partial charge in [-0.3, -0.25) is 4.79 Å². The van der Waals surface area contributed by atoms with Crippen LogP contribution in [0.1, 0.15) is 42.5 Å². The third-order valence-electron chi connectivity index (χ3n) is 5.03. The van der Waals surface area contributed by atoms with Crippen molar-refractivity contribution in [2.45, 2.75) is 47.5 Å². The van der Waals surface area contributed by atoms with Gasteiger partial charge in [-0.15, -0.1) is 0 Å². The second-order valence-electron chi connectivity index (χ2n) is 6.71. The molecule has 2 rings (SSSR count). The molecular weight excluding hydrogens is 246 g/mol. The van der Waals surface area contributed by atoms with E-state index in [2.05, 4.69) is 52.1 Å². The zero-order chi connectivity index (χ0) is 14.9. The van der Waals surface area contributed by atoms with E-state index in [4.69, 9.17) is 0 Å². The van der Waals surface area contributed by atoms with Crippen LogP contribution in [0.5, 0.6) is 0 Å². The van der Waals surface area contributed by atoms with Crippen molar-refractivity contribution in [3.8, 4) is 0 Å². The standard InChI is InChI=1S/C18H27NO/c1-12(2)18(6-7-19-11-18)17(20)10-16-14(4)8-13(3)9-15(16)5/h8-9,12,19H,6-7,10-11H2,1-5H3. The molecule has 0 aromatic heterocycles.